The summed E-state index contributed by atoms with van der Waals surface area (Å²) >= 11 is 9.55. The van der Waals surface area contributed by atoms with E-state index in [9.17, 15) is 4.79 Å². The number of benzene rings is 1. The highest BCUT2D eigenvalue weighted by atomic mass is 127. The van der Waals surface area contributed by atoms with Crippen LogP contribution in [0.15, 0.2) is 51.4 Å². The van der Waals surface area contributed by atoms with Crippen LogP contribution in [0.25, 0.3) is 10.9 Å². The Balaban J connectivity index is 2.56. The predicted molar refractivity (Wildman–Crippen MR) is 104 cm³/mol. The molecule has 2 rings (SSSR count). The van der Waals surface area contributed by atoms with Crippen LogP contribution < -0.4 is 5.56 Å². The van der Waals surface area contributed by atoms with Gasteiger partial charge in [-0.2, -0.15) is 0 Å². The van der Waals surface area contributed by atoms with Crippen molar-refractivity contribution in [2.45, 2.75) is 25.5 Å². The van der Waals surface area contributed by atoms with Crippen molar-refractivity contribution >= 4 is 56.9 Å². The highest BCUT2D eigenvalue weighted by molar-refractivity contribution is 14.1. The van der Waals surface area contributed by atoms with Crippen molar-refractivity contribution in [2.24, 2.45) is 0 Å². The molecule has 0 aliphatic carbocycles. The first kappa shape index (κ1) is 17.6. The smallest absolute Gasteiger partial charge is 0.262 e. The van der Waals surface area contributed by atoms with E-state index in [2.05, 4.69) is 34.2 Å². The lowest BCUT2D eigenvalue weighted by Gasteiger charge is -2.12. The van der Waals surface area contributed by atoms with Gasteiger partial charge in [0.15, 0.2) is 5.16 Å². The first-order valence-electron chi connectivity index (χ1n) is 6.68. The average molecular weight is 447 g/mol. The van der Waals surface area contributed by atoms with Crippen LogP contribution >= 0.6 is 46.0 Å². The standard InChI is InChI=1S/C16H16ClIN2OS/c1-10(2)9-20-15(21)13-8-12(18)4-5-14(13)19-16(20)22-7-6-11(3)17/h4-6,8H,1,7,9H2,2-3H3/b11-6+. The molecule has 0 aliphatic rings. The number of nitrogens with zero attached hydrogens (tertiary/aromatic N) is 2. The molecule has 0 N–H and O–H groups in total. The summed E-state index contributed by atoms with van der Waals surface area (Å²) in [6.07, 6.45) is 1.90. The normalized spacial score (nSPS) is 11.9. The molecule has 116 valence electrons. The maximum Gasteiger partial charge on any atom is 0.262 e. The number of thioether (sulfide) groups is 1. The molecule has 6 heteroatoms. The summed E-state index contributed by atoms with van der Waals surface area (Å²) < 4.78 is 2.70. The first-order valence-corrected chi connectivity index (χ1v) is 9.12. The van der Waals surface area contributed by atoms with Gasteiger partial charge in [-0.15, -0.1) is 0 Å². The molecule has 0 amide bonds. The van der Waals surface area contributed by atoms with Gasteiger partial charge in [0.05, 0.1) is 10.9 Å². The third-order valence-corrected chi connectivity index (χ3v) is 4.61. The third-order valence-electron chi connectivity index (χ3n) is 2.89. The van der Waals surface area contributed by atoms with Crippen molar-refractivity contribution in [3.05, 3.63) is 55.4 Å². The monoisotopic (exact) mass is 446 g/mol. The van der Waals surface area contributed by atoms with Crippen LogP contribution in [-0.4, -0.2) is 15.3 Å². The molecule has 3 nitrogen and oxygen atoms in total. The summed E-state index contributed by atoms with van der Waals surface area (Å²) in [5.41, 5.74) is 1.61. The van der Waals surface area contributed by atoms with Crippen LogP contribution in [0.4, 0.5) is 0 Å². The molecule has 0 fully saturated rings. The Morgan fingerprint density at radius 3 is 2.86 bits per heavy atom. The Morgan fingerprint density at radius 1 is 1.50 bits per heavy atom. The van der Waals surface area contributed by atoms with Crippen LogP contribution in [-0.2, 0) is 6.54 Å². The van der Waals surface area contributed by atoms with E-state index in [4.69, 9.17) is 11.6 Å². The zero-order valence-electron chi connectivity index (χ0n) is 12.4. The summed E-state index contributed by atoms with van der Waals surface area (Å²) in [5, 5.41) is 2.06. The largest absolute Gasteiger partial charge is 0.283 e. The van der Waals surface area contributed by atoms with Gasteiger partial charge in [0.25, 0.3) is 5.56 Å². The number of rotatable bonds is 5. The Labute approximate surface area is 152 Å². The van der Waals surface area contributed by atoms with E-state index in [1.165, 1.54) is 11.8 Å². The minimum atomic E-state index is -0.0272. The van der Waals surface area contributed by atoms with Gasteiger partial charge in [-0.1, -0.05) is 41.6 Å². The van der Waals surface area contributed by atoms with E-state index in [0.717, 1.165) is 19.7 Å². The number of hydrogen-bond donors (Lipinski definition) is 0. The summed E-state index contributed by atoms with van der Waals surface area (Å²) in [4.78, 5) is 17.4. The van der Waals surface area contributed by atoms with Gasteiger partial charge < -0.3 is 0 Å². The lowest BCUT2D eigenvalue weighted by molar-refractivity contribution is 0.652. The topological polar surface area (TPSA) is 34.9 Å². The molecular weight excluding hydrogens is 431 g/mol. The minimum Gasteiger partial charge on any atom is -0.283 e. The second-order valence-corrected chi connectivity index (χ2v) is 7.84. The Bertz CT molecular complexity index is 810. The number of halogens is 2. The molecule has 1 heterocycles. The van der Waals surface area contributed by atoms with Crippen molar-refractivity contribution < 1.29 is 0 Å². The molecule has 0 unspecified atom stereocenters. The quantitative estimate of drug-likeness (QED) is 0.286. The van der Waals surface area contributed by atoms with Crippen molar-refractivity contribution in [1.29, 1.82) is 0 Å². The molecule has 0 atom stereocenters. The number of allylic oxidation sites excluding steroid dienone is 2. The second kappa shape index (κ2) is 7.66. The predicted octanol–water partition coefficient (Wildman–Crippen LogP) is 4.81. The van der Waals surface area contributed by atoms with Crippen molar-refractivity contribution in [3.8, 4) is 0 Å². The Morgan fingerprint density at radius 2 is 2.23 bits per heavy atom. The van der Waals surface area contributed by atoms with E-state index < -0.39 is 0 Å². The highest BCUT2D eigenvalue weighted by Crippen LogP contribution is 2.20. The SMILES string of the molecule is C=C(C)Cn1c(SC/C=C(\C)Cl)nc2ccc(I)cc2c1=O. The Hall–Kier alpha value is -0.790. The molecule has 0 radical (unpaired) electrons. The fourth-order valence-electron chi connectivity index (χ4n) is 1.92. The van der Waals surface area contributed by atoms with Gasteiger partial charge in [0, 0.05) is 20.9 Å². The van der Waals surface area contributed by atoms with Crippen molar-refractivity contribution in [1.82, 2.24) is 9.55 Å². The fourth-order valence-corrected chi connectivity index (χ4v) is 3.53. The number of hydrogen-bond acceptors (Lipinski definition) is 3. The summed E-state index contributed by atoms with van der Waals surface area (Å²) in [6.45, 7) is 8.12. The average Bonchev–Trinajstić information content (AvgIpc) is 2.43. The highest BCUT2D eigenvalue weighted by Gasteiger charge is 2.11. The minimum absolute atomic E-state index is 0.0272. The van der Waals surface area contributed by atoms with E-state index in [0.29, 0.717) is 22.8 Å². The van der Waals surface area contributed by atoms with Crippen molar-refractivity contribution in [2.75, 3.05) is 5.75 Å². The van der Waals surface area contributed by atoms with Gasteiger partial charge in [0.2, 0.25) is 0 Å². The molecular formula is C16H16ClIN2OS. The summed E-state index contributed by atoms with van der Waals surface area (Å²) in [7, 11) is 0. The van der Waals surface area contributed by atoms with Crippen LogP contribution in [0.3, 0.4) is 0 Å². The van der Waals surface area contributed by atoms with E-state index in [-0.39, 0.29) is 5.56 Å². The first-order chi connectivity index (χ1) is 10.4. The van der Waals surface area contributed by atoms with Crippen LogP contribution in [0.1, 0.15) is 13.8 Å². The van der Waals surface area contributed by atoms with Crippen LogP contribution in [0, 0.1) is 3.57 Å². The van der Waals surface area contributed by atoms with Crippen LogP contribution in [0.2, 0.25) is 0 Å². The van der Waals surface area contributed by atoms with Crippen molar-refractivity contribution in [3.63, 3.8) is 0 Å². The van der Waals surface area contributed by atoms with E-state index in [1.807, 2.05) is 38.1 Å². The molecule has 0 saturated heterocycles. The van der Waals surface area contributed by atoms with Gasteiger partial charge in [-0.05, 0) is 54.6 Å². The molecule has 0 spiro atoms. The van der Waals surface area contributed by atoms with E-state index in [1.54, 1.807) is 4.57 Å². The molecule has 1 aromatic heterocycles. The lowest BCUT2D eigenvalue weighted by Crippen LogP contribution is -2.24. The zero-order chi connectivity index (χ0) is 16.3. The molecule has 0 saturated carbocycles. The van der Waals surface area contributed by atoms with Gasteiger partial charge in [-0.25, -0.2) is 4.98 Å². The third kappa shape index (κ3) is 4.36. The summed E-state index contributed by atoms with van der Waals surface area (Å²) in [6, 6.07) is 5.71. The zero-order valence-corrected chi connectivity index (χ0v) is 16.1. The van der Waals surface area contributed by atoms with Gasteiger partial charge in [-0.3, -0.25) is 9.36 Å². The van der Waals surface area contributed by atoms with E-state index >= 15 is 0 Å². The maximum atomic E-state index is 12.8. The number of fused-ring (bicyclic) bond motifs is 1. The molecule has 0 bridgehead atoms. The maximum absolute atomic E-state index is 12.8. The number of aromatic nitrogens is 2. The van der Waals surface area contributed by atoms with Crippen LogP contribution in [0.5, 0.6) is 0 Å². The van der Waals surface area contributed by atoms with Gasteiger partial charge >= 0.3 is 0 Å². The molecule has 2 aromatic rings. The molecule has 22 heavy (non-hydrogen) atoms. The molecule has 0 aliphatic heterocycles. The lowest BCUT2D eigenvalue weighted by atomic mass is 10.2. The van der Waals surface area contributed by atoms with Gasteiger partial charge in [0.1, 0.15) is 0 Å². The fraction of sp³-hybridized carbons (Fsp3) is 0.250. The second-order valence-electron chi connectivity index (χ2n) is 5.01. The molecule has 1 aromatic carbocycles. The summed E-state index contributed by atoms with van der Waals surface area (Å²) in [5.74, 6) is 0.674. The Kier molecular flexibility index (Phi) is 6.11.